The summed E-state index contributed by atoms with van der Waals surface area (Å²) in [5.41, 5.74) is 0.556. The van der Waals surface area contributed by atoms with E-state index < -0.39 is 0 Å². The van der Waals surface area contributed by atoms with Crippen molar-refractivity contribution in [3.8, 4) is 0 Å². The van der Waals surface area contributed by atoms with Crippen LogP contribution in [0.5, 0.6) is 0 Å². The fraction of sp³-hybridized carbons (Fsp3) is 0.467. The highest BCUT2D eigenvalue weighted by atomic mass is 16.1. The Balaban J connectivity index is 1.75. The summed E-state index contributed by atoms with van der Waals surface area (Å²) in [5.74, 6) is 1.73. The summed E-state index contributed by atoms with van der Waals surface area (Å²) in [6, 6.07) is 3.33. The standard InChI is InChI=1S/C15H19N5O/c1-11(17-15(21)12-6-5-8-16-10-12)14-19-18-13-7-3-2-4-9-20(13)14/h5-6,8,10-11H,2-4,7,9H2,1H3,(H,17,21)/t11-/m1/s1. The zero-order valence-corrected chi connectivity index (χ0v) is 12.1. The fourth-order valence-electron chi connectivity index (χ4n) is 2.67. The number of nitrogens with zero attached hydrogens (tertiary/aromatic N) is 4. The molecule has 2 aromatic rings. The average molecular weight is 285 g/mol. The lowest BCUT2D eigenvalue weighted by molar-refractivity contribution is 0.0937. The van der Waals surface area contributed by atoms with Crippen LogP contribution in [0, 0.1) is 0 Å². The van der Waals surface area contributed by atoms with E-state index >= 15 is 0 Å². The van der Waals surface area contributed by atoms with Crippen molar-refractivity contribution < 1.29 is 4.79 Å². The number of fused-ring (bicyclic) bond motifs is 1. The molecule has 6 nitrogen and oxygen atoms in total. The van der Waals surface area contributed by atoms with E-state index in [0.29, 0.717) is 5.56 Å². The second kappa shape index (κ2) is 6.03. The van der Waals surface area contributed by atoms with Crippen molar-refractivity contribution in [2.45, 2.75) is 45.2 Å². The van der Waals surface area contributed by atoms with Crippen LogP contribution in [-0.4, -0.2) is 25.7 Å². The molecular weight excluding hydrogens is 266 g/mol. The van der Waals surface area contributed by atoms with Gasteiger partial charge in [-0.15, -0.1) is 10.2 Å². The molecule has 0 unspecified atom stereocenters. The summed E-state index contributed by atoms with van der Waals surface area (Å²) in [4.78, 5) is 16.1. The first-order valence-corrected chi connectivity index (χ1v) is 7.38. The maximum absolute atomic E-state index is 12.2. The highest BCUT2D eigenvalue weighted by molar-refractivity contribution is 5.93. The monoisotopic (exact) mass is 285 g/mol. The molecule has 0 radical (unpaired) electrons. The van der Waals surface area contributed by atoms with E-state index in [9.17, 15) is 4.79 Å². The molecule has 0 aromatic carbocycles. The minimum Gasteiger partial charge on any atom is -0.342 e. The zero-order chi connectivity index (χ0) is 14.7. The molecule has 21 heavy (non-hydrogen) atoms. The third kappa shape index (κ3) is 2.94. The smallest absolute Gasteiger partial charge is 0.253 e. The van der Waals surface area contributed by atoms with Gasteiger partial charge in [0, 0.05) is 25.4 Å². The molecule has 1 atom stereocenters. The van der Waals surface area contributed by atoms with E-state index in [1.165, 1.54) is 6.42 Å². The SMILES string of the molecule is C[C@@H](NC(=O)c1cccnc1)c1nnc2n1CCCCC2. The first-order valence-electron chi connectivity index (χ1n) is 7.38. The largest absolute Gasteiger partial charge is 0.342 e. The van der Waals surface area contributed by atoms with Crippen molar-refractivity contribution in [2.75, 3.05) is 0 Å². The van der Waals surface area contributed by atoms with Crippen LogP contribution in [-0.2, 0) is 13.0 Å². The second-order valence-corrected chi connectivity index (χ2v) is 5.37. The van der Waals surface area contributed by atoms with Gasteiger partial charge in [-0.2, -0.15) is 0 Å². The number of rotatable bonds is 3. The third-order valence-corrected chi connectivity index (χ3v) is 3.80. The highest BCUT2D eigenvalue weighted by Gasteiger charge is 2.20. The van der Waals surface area contributed by atoms with Crippen LogP contribution in [0.3, 0.4) is 0 Å². The van der Waals surface area contributed by atoms with Crippen molar-refractivity contribution in [1.29, 1.82) is 0 Å². The van der Waals surface area contributed by atoms with Crippen LogP contribution in [0.4, 0.5) is 0 Å². The van der Waals surface area contributed by atoms with Gasteiger partial charge < -0.3 is 9.88 Å². The van der Waals surface area contributed by atoms with Crippen LogP contribution in [0.15, 0.2) is 24.5 Å². The number of pyridine rings is 1. The summed E-state index contributed by atoms with van der Waals surface area (Å²) >= 11 is 0. The molecule has 0 bridgehead atoms. The minimum absolute atomic E-state index is 0.137. The van der Waals surface area contributed by atoms with Crippen molar-refractivity contribution >= 4 is 5.91 Å². The van der Waals surface area contributed by atoms with Crippen LogP contribution in [0.2, 0.25) is 0 Å². The highest BCUT2D eigenvalue weighted by Crippen LogP contribution is 2.18. The predicted octanol–water partition coefficient (Wildman–Crippen LogP) is 1.89. The van der Waals surface area contributed by atoms with Crippen molar-refractivity contribution in [3.05, 3.63) is 41.7 Å². The molecule has 3 rings (SSSR count). The molecule has 1 amide bonds. The number of hydrogen-bond acceptors (Lipinski definition) is 4. The van der Waals surface area contributed by atoms with Gasteiger partial charge in [0.25, 0.3) is 5.91 Å². The molecule has 0 saturated heterocycles. The lowest BCUT2D eigenvalue weighted by Gasteiger charge is -2.15. The van der Waals surface area contributed by atoms with Crippen LogP contribution in [0.25, 0.3) is 0 Å². The molecular formula is C15H19N5O. The van der Waals surface area contributed by atoms with Gasteiger partial charge in [0.2, 0.25) is 0 Å². The predicted molar refractivity (Wildman–Crippen MR) is 77.7 cm³/mol. The van der Waals surface area contributed by atoms with E-state index in [2.05, 4.69) is 25.1 Å². The maximum Gasteiger partial charge on any atom is 0.253 e. The first kappa shape index (κ1) is 13.7. The molecule has 3 heterocycles. The number of aromatic nitrogens is 4. The topological polar surface area (TPSA) is 72.7 Å². The van der Waals surface area contributed by atoms with Gasteiger partial charge in [0.15, 0.2) is 5.82 Å². The molecule has 0 aliphatic carbocycles. The minimum atomic E-state index is -0.169. The number of aryl methyl sites for hydroxylation is 1. The van der Waals surface area contributed by atoms with Crippen molar-refractivity contribution in [2.24, 2.45) is 0 Å². The number of carbonyl (C=O) groups is 1. The van der Waals surface area contributed by atoms with E-state index in [-0.39, 0.29) is 11.9 Å². The molecule has 1 aliphatic heterocycles. The molecule has 0 fully saturated rings. The molecule has 1 N–H and O–H groups in total. The summed E-state index contributed by atoms with van der Waals surface area (Å²) in [6.45, 7) is 2.88. The van der Waals surface area contributed by atoms with Gasteiger partial charge in [-0.3, -0.25) is 9.78 Å². The maximum atomic E-state index is 12.2. The Kier molecular flexibility index (Phi) is 3.94. The molecule has 110 valence electrons. The van der Waals surface area contributed by atoms with Gasteiger partial charge in [-0.25, -0.2) is 0 Å². The zero-order valence-electron chi connectivity index (χ0n) is 12.1. The van der Waals surface area contributed by atoms with Crippen molar-refractivity contribution in [3.63, 3.8) is 0 Å². The van der Waals surface area contributed by atoms with Crippen LogP contribution >= 0.6 is 0 Å². The van der Waals surface area contributed by atoms with E-state index in [1.807, 2.05) is 6.92 Å². The number of amides is 1. The number of hydrogen-bond donors (Lipinski definition) is 1. The quantitative estimate of drug-likeness (QED) is 0.934. The Morgan fingerprint density at radius 2 is 2.24 bits per heavy atom. The Hall–Kier alpha value is -2.24. The Labute approximate surface area is 123 Å². The Morgan fingerprint density at radius 3 is 3.05 bits per heavy atom. The molecule has 0 saturated carbocycles. The second-order valence-electron chi connectivity index (χ2n) is 5.37. The number of nitrogens with one attached hydrogen (secondary N) is 1. The molecule has 0 spiro atoms. The van der Waals surface area contributed by atoms with Crippen LogP contribution < -0.4 is 5.32 Å². The lowest BCUT2D eigenvalue weighted by Crippen LogP contribution is -2.29. The van der Waals surface area contributed by atoms with E-state index in [4.69, 9.17) is 0 Å². The number of carbonyl (C=O) groups excluding carboxylic acids is 1. The first-order chi connectivity index (χ1) is 10.3. The summed E-state index contributed by atoms with van der Waals surface area (Å²) in [6.07, 6.45) is 7.70. The van der Waals surface area contributed by atoms with E-state index in [1.54, 1.807) is 24.5 Å². The van der Waals surface area contributed by atoms with Crippen molar-refractivity contribution in [1.82, 2.24) is 25.1 Å². The summed E-state index contributed by atoms with van der Waals surface area (Å²) < 4.78 is 2.15. The van der Waals surface area contributed by atoms with Crippen LogP contribution in [0.1, 0.15) is 54.2 Å². The van der Waals surface area contributed by atoms with Gasteiger partial charge in [0.1, 0.15) is 5.82 Å². The Bertz CT molecular complexity index is 622. The van der Waals surface area contributed by atoms with Gasteiger partial charge in [-0.05, 0) is 31.9 Å². The van der Waals surface area contributed by atoms with E-state index in [0.717, 1.165) is 37.5 Å². The molecule has 6 heteroatoms. The molecule has 1 aliphatic rings. The normalized spacial score (nSPS) is 15.9. The third-order valence-electron chi connectivity index (χ3n) is 3.80. The summed E-state index contributed by atoms with van der Waals surface area (Å²) in [5, 5.41) is 11.5. The van der Waals surface area contributed by atoms with Gasteiger partial charge in [-0.1, -0.05) is 6.42 Å². The lowest BCUT2D eigenvalue weighted by atomic mass is 10.2. The van der Waals surface area contributed by atoms with Gasteiger partial charge in [0.05, 0.1) is 11.6 Å². The fourth-order valence-corrected chi connectivity index (χ4v) is 2.67. The molecule has 2 aromatic heterocycles. The summed E-state index contributed by atoms with van der Waals surface area (Å²) in [7, 11) is 0. The van der Waals surface area contributed by atoms with Gasteiger partial charge >= 0.3 is 0 Å². The Morgan fingerprint density at radius 1 is 1.33 bits per heavy atom. The average Bonchev–Trinajstić information content (AvgIpc) is 2.77.